The zero-order valence-electron chi connectivity index (χ0n) is 9.35. The van der Waals surface area contributed by atoms with E-state index < -0.39 is 0 Å². The van der Waals surface area contributed by atoms with Crippen LogP contribution in [0, 0.1) is 11.3 Å². The molecule has 0 saturated heterocycles. The predicted octanol–water partition coefficient (Wildman–Crippen LogP) is 3.55. The number of halogens is 1. The van der Waals surface area contributed by atoms with Crippen molar-refractivity contribution in [3.05, 3.63) is 52.4 Å². The van der Waals surface area contributed by atoms with Crippen LogP contribution in [-0.4, -0.2) is 7.05 Å². The van der Waals surface area contributed by atoms with Gasteiger partial charge in [0.25, 0.3) is 0 Å². The van der Waals surface area contributed by atoms with Crippen LogP contribution in [0.2, 0.25) is 0 Å². The maximum absolute atomic E-state index is 8.80. The van der Waals surface area contributed by atoms with Crippen molar-refractivity contribution in [3.8, 4) is 6.07 Å². The zero-order chi connectivity index (χ0) is 12.3. The fraction of sp³-hybridized carbons (Fsp3) is 0.154. The molecule has 4 heteroatoms. The third-order valence-electron chi connectivity index (χ3n) is 2.49. The summed E-state index contributed by atoms with van der Waals surface area (Å²) in [5.74, 6) is 0. The van der Waals surface area contributed by atoms with Crippen molar-refractivity contribution in [1.82, 2.24) is 0 Å². The second-order valence-electron chi connectivity index (χ2n) is 3.77. The highest BCUT2D eigenvalue weighted by molar-refractivity contribution is 9.10. The maximum Gasteiger partial charge on any atom is 0.0992 e. The summed E-state index contributed by atoms with van der Waals surface area (Å²) in [7, 11) is 2.00. The molecule has 0 aliphatic rings. The highest BCUT2D eigenvalue weighted by atomic mass is 79.9. The van der Waals surface area contributed by atoms with E-state index in [1.165, 1.54) is 0 Å². The summed E-state index contributed by atoms with van der Waals surface area (Å²) in [6.07, 6.45) is 3.39. The Morgan fingerprint density at radius 3 is 2.82 bits per heavy atom. The van der Waals surface area contributed by atoms with E-state index in [0.29, 0.717) is 5.56 Å². The molecule has 1 aromatic heterocycles. The van der Waals surface area contributed by atoms with Crippen LogP contribution in [0.1, 0.15) is 11.1 Å². The molecule has 0 atom stereocenters. The molecule has 0 bridgehead atoms. The number of benzene rings is 1. The topological polar surface area (TPSA) is 40.2 Å². The Morgan fingerprint density at radius 2 is 2.24 bits per heavy atom. The molecule has 0 aliphatic heterocycles. The average Bonchev–Trinajstić information content (AvgIpc) is 2.81. The van der Waals surface area contributed by atoms with Gasteiger partial charge in [-0.25, -0.2) is 0 Å². The minimum atomic E-state index is 0.650. The van der Waals surface area contributed by atoms with Crippen molar-refractivity contribution < 1.29 is 4.42 Å². The molecule has 1 aromatic carbocycles. The second-order valence-corrected chi connectivity index (χ2v) is 4.62. The highest BCUT2D eigenvalue weighted by Gasteiger charge is 2.07. The van der Waals surface area contributed by atoms with Crippen LogP contribution in [0.3, 0.4) is 0 Å². The van der Waals surface area contributed by atoms with E-state index in [1.807, 2.05) is 31.3 Å². The van der Waals surface area contributed by atoms with E-state index in [0.717, 1.165) is 22.3 Å². The van der Waals surface area contributed by atoms with Gasteiger partial charge in [0, 0.05) is 23.6 Å². The Balaban J connectivity index is 2.20. The van der Waals surface area contributed by atoms with Gasteiger partial charge in [0.2, 0.25) is 0 Å². The quantitative estimate of drug-likeness (QED) is 0.868. The van der Waals surface area contributed by atoms with Crippen molar-refractivity contribution in [2.75, 3.05) is 11.9 Å². The van der Waals surface area contributed by atoms with Gasteiger partial charge in [-0.15, -0.1) is 0 Å². The van der Waals surface area contributed by atoms with Crippen molar-refractivity contribution in [3.63, 3.8) is 0 Å². The highest BCUT2D eigenvalue weighted by Crippen LogP contribution is 2.27. The molecule has 0 fully saturated rings. The second kappa shape index (κ2) is 5.07. The first-order chi connectivity index (χ1) is 8.20. The largest absolute Gasteiger partial charge is 0.472 e. The van der Waals surface area contributed by atoms with Gasteiger partial charge < -0.3 is 9.32 Å². The molecular formula is C13H11BrN2O. The standard InChI is InChI=1S/C13H11BrN2O/c1-16(8-11-4-5-17-9-11)13-3-2-10(7-15)6-12(13)14/h2-6,9H,8H2,1H3. The molecule has 86 valence electrons. The molecule has 0 radical (unpaired) electrons. The summed E-state index contributed by atoms with van der Waals surface area (Å²) < 4.78 is 5.96. The van der Waals surface area contributed by atoms with E-state index >= 15 is 0 Å². The summed E-state index contributed by atoms with van der Waals surface area (Å²) in [6.45, 7) is 0.765. The molecule has 0 saturated carbocycles. The fourth-order valence-electron chi connectivity index (χ4n) is 1.63. The van der Waals surface area contributed by atoms with E-state index in [2.05, 4.69) is 26.9 Å². The molecular weight excluding hydrogens is 280 g/mol. The molecule has 0 amide bonds. The van der Waals surface area contributed by atoms with Crippen LogP contribution in [0.25, 0.3) is 0 Å². The van der Waals surface area contributed by atoms with Crippen LogP contribution in [0.4, 0.5) is 5.69 Å². The maximum atomic E-state index is 8.80. The summed E-state index contributed by atoms with van der Waals surface area (Å²) in [4.78, 5) is 2.09. The van der Waals surface area contributed by atoms with E-state index in [4.69, 9.17) is 9.68 Å². The van der Waals surface area contributed by atoms with Crippen molar-refractivity contribution in [2.45, 2.75) is 6.54 Å². The number of furan rings is 1. The summed E-state index contributed by atoms with van der Waals surface area (Å²) >= 11 is 3.48. The lowest BCUT2D eigenvalue weighted by atomic mass is 10.2. The van der Waals surface area contributed by atoms with Gasteiger partial charge in [0.1, 0.15) is 0 Å². The molecule has 17 heavy (non-hydrogen) atoms. The van der Waals surface area contributed by atoms with Crippen LogP contribution in [0.5, 0.6) is 0 Å². The minimum Gasteiger partial charge on any atom is -0.472 e. The fourth-order valence-corrected chi connectivity index (χ4v) is 2.31. The number of nitriles is 1. The zero-order valence-corrected chi connectivity index (χ0v) is 10.9. The lowest BCUT2D eigenvalue weighted by Crippen LogP contribution is -2.16. The third-order valence-corrected chi connectivity index (χ3v) is 3.12. The summed E-state index contributed by atoms with van der Waals surface area (Å²) in [5.41, 5.74) is 2.81. The van der Waals surface area contributed by atoms with Gasteiger partial charge in [0.05, 0.1) is 29.8 Å². The van der Waals surface area contributed by atoms with Crippen molar-refractivity contribution in [2.24, 2.45) is 0 Å². The predicted molar refractivity (Wildman–Crippen MR) is 69.7 cm³/mol. The number of nitrogens with zero attached hydrogens (tertiary/aromatic N) is 2. The Bertz CT molecular complexity index is 543. The van der Waals surface area contributed by atoms with Gasteiger partial charge >= 0.3 is 0 Å². The first kappa shape index (κ1) is 11.7. The smallest absolute Gasteiger partial charge is 0.0992 e. The molecule has 2 rings (SSSR count). The molecule has 0 spiro atoms. The monoisotopic (exact) mass is 290 g/mol. The number of hydrogen-bond donors (Lipinski definition) is 0. The Labute approximate surface area is 108 Å². The number of anilines is 1. The normalized spacial score (nSPS) is 9.94. The van der Waals surface area contributed by atoms with Crippen molar-refractivity contribution >= 4 is 21.6 Å². The Morgan fingerprint density at radius 1 is 1.41 bits per heavy atom. The van der Waals surface area contributed by atoms with Gasteiger partial charge in [-0.2, -0.15) is 5.26 Å². The minimum absolute atomic E-state index is 0.650. The van der Waals surface area contributed by atoms with Crippen LogP contribution < -0.4 is 4.90 Å². The lowest BCUT2D eigenvalue weighted by molar-refractivity contribution is 0.563. The van der Waals surface area contributed by atoms with Gasteiger partial charge in [-0.05, 0) is 40.2 Å². The first-order valence-corrected chi connectivity index (χ1v) is 5.92. The first-order valence-electron chi connectivity index (χ1n) is 5.12. The Kier molecular flexibility index (Phi) is 3.50. The Hall–Kier alpha value is -1.73. The average molecular weight is 291 g/mol. The van der Waals surface area contributed by atoms with Gasteiger partial charge in [0.15, 0.2) is 0 Å². The van der Waals surface area contributed by atoms with Crippen LogP contribution in [-0.2, 0) is 6.54 Å². The molecule has 0 unspecified atom stereocenters. The third kappa shape index (κ3) is 2.69. The number of rotatable bonds is 3. The van der Waals surface area contributed by atoms with Crippen molar-refractivity contribution in [1.29, 1.82) is 5.26 Å². The molecule has 2 aromatic rings. The SMILES string of the molecule is CN(Cc1ccoc1)c1ccc(C#N)cc1Br. The summed E-state index contributed by atoms with van der Waals surface area (Å²) in [6, 6.07) is 9.62. The van der Waals surface area contributed by atoms with Crippen LogP contribution in [0.15, 0.2) is 45.7 Å². The molecule has 0 aliphatic carbocycles. The van der Waals surface area contributed by atoms with Gasteiger partial charge in [-0.3, -0.25) is 0 Å². The van der Waals surface area contributed by atoms with E-state index in [-0.39, 0.29) is 0 Å². The summed E-state index contributed by atoms with van der Waals surface area (Å²) in [5, 5.41) is 8.80. The van der Waals surface area contributed by atoms with E-state index in [9.17, 15) is 0 Å². The molecule has 3 nitrogen and oxygen atoms in total. The van der Waals surface area contributed by atoms with Gasteiger partial charge in [-0.1, -0.05) is 0 Å². The molecule has 0 N–H and O–H groups in total. The molecule has 1 heterocycles. The number of hydrogen-bond acceptors (Lipinski definition) is 3. The lowest BCUT2D eigenvalue weighted by Gasteiger charge is -2.20. The van der Waals surface area contributed by atoms with Crippen LogP contribution >= 0.6 is 15.9 Å². The van der Waals surface area contributed by atoms with E-state index in [1.54, 1.807) is 12.5 Å².